The molecule has 0 saturated carbocycles. The minimum absolute atomic E-state index is 0.0381. The fraction of sp³-hybridized carbons (Fsp3) is 0.292. The third-order valence-electron chi connectivity index (χ3n) is 5.63. The van der Waals surface area contributed by atoms with E-state index < -0.39 is 0 Å². The highest BCUT2D eigenvalue weighted by atomic mass is 32.2. The monoisotopic (exact) mass is 449 g/mol. The summed E-state index contributed by atoms with van der Waals surface area (Å²) in [6.45, 7) is 2.84. The van der Waals surface area contributed by atoms with Gasteiger partial charge in [0.05, 0.1) is 22.0 Å². The molecule has 2 aromatic carbocycles. The largest absolute Gasteiger partial charge is 0.311 e. The topological polar surface area (TPSA) is 55.2 Å². The number of carbonyl (C=O) groups is 1. The maximum Gasteiger partial charge on any atom is 0.272 e. The summed E-state index contributed by atoms with van der Waals surface area (Å²) in [5.41, 5.74) is 3.82. The lowest BCUT2D eigenvalue weighted by Gasteiger charge is -2.29. The first-order valence-electron chi connectivity index (χ1n) is 10.5. The fourth-order valence-electron chi connectivity index (χ4n) is 4.20. The molecule has 3 aromatic rings. The van der Waals surface area contributed by atoms with Gasteiger partial charge >= 0.3 is 0 Å². The van der Waals surface area contributed by atoms with Gasteiger partial charge in [0.1, 0.15) is 0 Å². The van der Waals surface area contributed by atoms with E-state index in [1.807, 2.05) is 53.4 Å². The number of rotatable bonds is 4. The van der Waals surface area contributed by atoms with Crippen LogP contribution in [0.1, 0.15) is 24.6 Å². The molecule has 31 heavy (non-hydrogen) atoms. The van der Waals surface area contributed by atoms with Crippen LogP contribution < -0.4 is 10.5 Å². The smallest absolute Gasteiger partial charge is 0.272 e. The highest BCUT2D eigenvalue weighted by Crippen LogP contribution is 2.35. The molecule has 0 spiro atoms. The van der Waals surface area contributed by atoms with Crippen LogP contribution in [0.4, 0.5) is 5.69 Å². The number of para-hydroxylation sites is 2. The molecule has 2 aliphatic rings. The molecule has 1 amide bonds. The van der Waals surface area contributed by atoms with Gasteiger partial charge in [0.2, 0.25) is 5.91 Å². The molecule has 1 unspecified atom stereocenters. The number of anilines is 1. The average molecular weight is 450 g/mol. The first kappa shape index (κ1) is 20.4. The number of thioether (sulfide) groups is 2. The minimum Gasteiger partial charge on any atom is -0.311 e. The number of hydrogen-bond donors (Lipinski definition) is 0. The average Bonchev–Trinajstić information content (AvgIpc) is 3.18. The Morgan fingerprint density at radius 3 is 2.77 bits per heavy atom. The summed E-state index contributed by atoms with van der Waals surface area (Å²) in [5, 5.41) is 0.925. The Hall–Kier alpha value is -2.51. The van der Waals surface area contributed by atoms with Gasteiger partial charge in [0.25, 0.3) is 5.56 Å². The molecular weight excluding hydrogens is 426 g/mol. The summed E-state index contributed by atoms with van der Waals surface area (Å²) in [4.78, 5) is 33.9. The summed E-state index contributed by atoms with van der Waals surface area (Å²) in [5.74, 6) is 0.295. The van der Waals surface area contributed by atoms with Gasteiger partial charge in [-0.15, -0.1) is 11.8 Å². The van der Waals surface area contributed by atoms with Crippen LogP contribution >= 0.6 is 23.5 Å². The quantitative estimate of drug-likeness (QED) is 0.438. The molecule has 1 aromatic heterocycles. The fourth-order valence-corrected chi connectivity index (χ4v) is 6.20. The Balaban J connectivity index is 1.46. The number of hydrogen-bond acceptors (Lipinski definition) is 5. The number of aromatic nitrogens is 2. The van der Waals surface area contributed by atoms with Crippen molar-refractivity contribution in [3.8, 4) is 5.69 Å². The van der Waals surface area contributed by atoms with Crippen LogP contribution in [0, 0.1) is 0 Å². The molecule has 158 valence electrons. The number of nitrogens with zero attached hydrogens (tertiary/aromatic N) is 3. The summed E-state index contributed by atoms with van der Waals surface area (Å²) in [6, 6.07) is 17.7. The van der Waals surface area contributed by atoms with Gasteiger partial charge in [-0.05, 0) is 36.6 Å². The number of carbonyl (C=O) groups excluding carboxylic acids is 1. The van der Waals surface area contributed by atoms with E-state index in [-0.39, 0.29) is 17.2 Å². The number of amides is 1. The third kappa shape index (κ3) is 3.92. The van der Waals surface area contributed by atoms with E-state index in [2.05, 4.69) is 13.0 Å². The lowest BCUT2D eigenvalue weighted by atomic mass is 10.0. The van der Waals surface area contributed by atoms with Gasteiger partial charge in [-0.3, -0.25) is 14.2 Å². The predicted molar refractivity (Wildman–Crippen MR) is 127 cm³/mol. The zero-order chi connectivity index (χ0) is 21.4. The Morgan fingerprint density at radius 1 is 1.16 bits per heavy atom. The molecule has 0 radical (unpaired) electrons. The molecule has 3 heterocycles. The second-order valence-corrected chi connectivity index (χ2v) is 10.2. The Bertz CT molecular complexity index is 1190. The van der Waals surface area contributed by atoms with Crippen molar-refractivity contribution >= 4 is 35.1 Å². The lowest BCUT2D eigenvalue weighted by Crippen LogP contribution is -2.36. The van der Waals surface area contributed by atoms with Crippen LogP contribution in [0.25, 0.3) is 5.69 Å². The molecule has 0 saturated heterocycles. The normalized spacial score (nSPS) is 17.3. The second-order valence-electron chi connectivity index (χ2n) is 7.85. The predicted octanol–water partition coefficient (Wildman–Crippen LogP) is 4.34. The maximum absolute atomic E-state index is 13.3. The zero-order valence-corrected chi connectivity index (χ0v) is 18.9. The van der Waals surface area contributed by atoms with Crippen molar-refractivity contribution in [2.24, 2.45) is 0 Å². The Labute approximate surface area is 189 Å². The summed E-state index contributed by atoms with van der Waals surface area (Å²) >= 11 is 2.95. The lowest BCUT2D eigenvalue weighted by molar-refractivity contribution is -0.116. The second kappa shape index (κ2) is 8.55. The van der Waals surface area contributed by atoms with E-state index in [9.17, 15) is 9.59 Å². The summed E-state index contributed by atoms with van der Waals surface area (Å²) in [6.07, 6.45) is 2.75. The highest BCUT2D eigenvalue weighted by Gasteiger charge is 2.28. The van der Waals surface area contributed by atoms with Crippen molar-refractivity contribution in [3.63, 3.8) is 0 Å². The van der Waals surface area contributed by atoms with Crippen LogP contribution in [0.15, 0.2) is 69.4 Å². The van der Waals surface area contributed by atoms with Crippen LogP contribution in [0.5, 0.6) is 0 Å². The van der Waals surface area contributed by atoms with Crippen LogP contribution in [-0.2, 0) is 17.6 Å². The molecule has 0 bridgehead atoms. The van der Waals surface area contributed by atoms with E-state index in [1.165, 1.54) is 17.3 Å². The summed E-state index contributed by atoms with van der Waals surface area (Å²) in [7, 11) is 0. The first-order valence-corrected chi connectivity index (χ1v) is 12.4. The number of fused-ring (bicyclic) bond motifs is 2. The zero-order valence-electron chi connectivity index (χ0n) is 17.3. The molecule has 5 nitrogen and oxygen atoms in total. The minimum atomic E-state index is -0.0381. The molecular formula is C24H23N3O2S2. The van der Waals surface area contributed by atoms with Crippen molar-refractivity contribution < 1.29 is 4.79 Å². The SMILES string of the molecule is CC1Cc2nc(SCC(=O)N3CCCc4ccccc43)n(-c3ccccc3)c(=O)c2S1. The first-order chi connectivity index (χ1) is 15.1. The van der Waals surface area contributed by atoms with Crippen molar-refractivity contribution in [1.82, 2.24) is 9.55 Å². The maximum atomic E-state index is 13.3. The summed E-state index contributed by atoms with van der Waals surface area (Å²) < 4.78 is 1.66. The molecule has 0 aliphatic carbocycles. The Morgan fingerprint density at radius 2 is 1.94 bits per heavy atom. The highest BCUT2D eigenvalue weighted by molar-refractivity contribution is 8.00. The van der Waals surface area contributed by atoms with Crippen LogP contribution in [0.3, 0.4) is 0 Å². The van der Waals surface area contributed by atoms with Crippen molar-refractivity contribution in [2.75, 3.05) is 17.2 Å². The van der Waals surface area contributed by atoms with Crippen molar-refractivity contribution in [2.45, 2.75) is 41.5 Å². The number of aryl methyl sites for hydroxylation is 1. The van der Waals surface area contributed by atoms with E-state index >= 15 is 0 Å². The van der Waals surface area contributed by atoms with E-state index in [0.717, 1.165) is 47.8 Å². The molecule has 2 aliphatic heterocycles. The molecule has 5 rings (SSSR count). The molecule has 7 heteroatoms. The van der Waals surface area contributed by atoms with E-state index in [4.69, 9.17) is 4.98 Å². The van der Waals surface area contributed by atoms with Gasteiger partial charge in [-0.2, -0.15) is 0 Å². The van der Waals surface area contributed by atoms with Gasteiger partial charge in [0.15, 0.2) is 5.16 Å². The van der Waals surface area contributed by atoms with E-state index in [1.54, 1.807) is 16.3 Å². The van der Waals surface area contributed by atoms with Gasteiger partial charge in [0, 0.05) is 23.9 Å². The Kier molecular flexibility index (Phi) is 5.63. The molecule has 1 atom stereocenters. The van der Waals surface area contributed by atoms with Crippen LogP contribution in [-0.4, -0.2) is 33.0 Å². The molecule has 0 fully saturated rings. The van der Waals surface area contributed by atoms with Gasteiger partial charge in [-0.25, -0.2) is 4.98 Å². The number of benzene rings is 2. The van der Waals surface area contributed by atoms with Gasteiger partial charge < -0.3 is 4.90 Å². The van der Waals surface area contributed by atoms with Crippen molar-refractivity contribution in [3.05, 3.63) is 76.2 Å². The molecule has 0 N–H and O–H groups in total. The standard InChI is InChI=1S/C24H23N3O2S2/c1-16-14-19-22(31-16)23(29)27(18-10-3-2-4-11-18)24(25-19)30-15-21(28)26-13-7-9-17-8-5-6-12-20(17)26/h2-6,8,10-12,16H,7,9,13-15H2,1H3. The van der Waals surface area contributed by atoms with Crippen molar-refractivity contribution in [1.29, 1.82) is 0 Å². The van der Waals surface area contributed by atoms with E-state index in [0.29, 0.717) is 10.4 Å². The van der Waals surface area contributed by atoms with Crippen LogP contribution in [0.2, 0.25) is 0 Å². The van der Waals surface area contributed by atoms with Gasteiger partial charge in [-0.1, -0.05) is 55.1 Å². The third-order valence-corrected chi connectivity index (χ3v) is 7.77.